The number of aromatic nitrogens is 2. The fourth-order valence-corrected chi connectivity index (χ4v) is 2.62. The second kappa shape index (κ2) is 7.65. The first-order valence-electron chi connectivity index (χ1n) is 8.25. The number of nitrogens with zero attached hydrogens (tertiary/aromatic N) is 2. The van der Waals surface area contributed by atoms with Crippen molar-refractivity contribution in [2.24, 2.45) is 0 Å². The molecule has 3 aromatic rings. The predicted octanol–water partition coefficient (Wildman–Crippen LogP) is 2.32. The molecule has 0 saturated heterocycles. The quantitative estimate of drug-likeness (QED) is 0.681. The summed E-state index contributed by atoms with van der Waals surface area (Å²) < 4.78 is 0. The summed E-state index contributed by atoms with van der Waals surface area (Å²) >= 11 is 0. The van der Waals surface area contributed by atoms with E-state index in [9.17, 15) is 14.4 Å². The van der Waals surface area contributed by atoms with E-state index in [2.05, 4.69) is 21.9 Å². The summed E-state index contributed by atoms with van der Waals surface area (Å²) in [5.74, 6) is -0.144. The summed E-state index contributed by atoms with van der Waals surface area (Å²) in [6, 6.07) is 13.5. The molecule has 2 aromatic carbocycles. The first-order valence-corrected chi connectivity index (χ1v) is 8.25. The third-order valence-electron chi connectivity index (χ3n) is 3.98. The zero-order valence-corrected chi connectivity index (χ0v) is 14.7. The number of aromatic amines is 1. The van der Waals surface area contributed by atoms with E-state index < -0.39 is 0 Å². The molecule has 0 aliphatic carbocycles. The van der Waals surface area contributed by atoms with E-state index in [0.717, 1.165) is 0 Å². The molecule has 3 rings (SSSR count). The Labute approximate surface area is 155 Å². The van der Waals surface area contributed by atoms with E-state index in [4.69, 9.17) is 0 Å². The summed E-state index contributed by atoms with van der Waals surface area (Å²) in [6.07, 6.45) is 1.17. The maximum atomic E-state index is 12.6. The van der Waals surface area contributed by atoms with Gasteiger partial charge >= 0.3 is 0 Å². The van der Waals surface area contributed by atoms with Gasteiger partial charge in [-0.15, -0.1) is 0 Å². The maximum absolute atomic E-state index is 12.6. The summed E-state index contributed by atoms with van der Waals surface area (Å²) in [7, 11) is 1.63. The van der Waals surface area contributed by atoms with Gasteiger partial charge in [0, 0.05) is 18.3 Å². The van der Waals surface area contributed by atoms with Gasteiger partial charge in [0.25, 0.3) is 11.5 Å². The highest BCUT2D eigenvalue weighted by molar-refractivity contribution is 5.99. The molecule has 1 aromatic heterocycles. The summed E-state index contributed by atoms with van der Waals surface area (Å²) in [5.41, 5.74) is 1.37. The van der Waals surface area contributed by atoms with Crippen LogP contribution in [0.25, 0.3) is 10.9 Å². The number of fused-ring (bicyclic) bond motifs is 1. The highest BCUT2D eigenvalue weighted by Crippen LogP contribution is 2.13. The van der Waals surface area contributed by atoms with Crippen molar-refractivity contribution in [1.82, 2.24) is 14.9 Å². The summed E-state index contributed by atoms with van der Waals surface area (Å²) in [6.45, 7) is 3.55. The standard InChI is InChI=1S/C20H18N4O3/c1-3-18(25)21-14-10-8-13(9-11-14)20(27)24(2)12-17-22-16-7-5-4-6-15(16)19(26)23-17/h3-11H,1,12H2,2H3,(H,21,25)(H,22,23,26). The number of rotatable bonds is 5. The average Bonchev–Trinajstić information content (AvgIpc) is 2.68. The van der Waals surface area contributed by atoms with Crippen molar-refractivity contribution in [2.45, 2.75) is 6.54 Å². The molecule has 27 heavy (non-hydrogen) atoms. The SMILES string of the molecule is C=CC(=O)Nc1ccc(C(=O)N(C)Cc2nc3ccccc3c(=O)[nH]2)cc1. The van der Waals surface area contributed by atoms with Crippen molar-refractivity contribution in [3.8, 4) is 0 Å². The normalized spacial score (nSPS) is 10.4. The third kappa shape index (κ3) is 4.09. The molecular weight excluding hydrogens is 344 g/mol. The Balaban J connectivity index is 1.75. The zero-order valence-electron chi connectivity index (χ0n) is 14.7. The zero-order chi connectivity index (χ0) is 19.4. The minimum atomic E-state index is -0.322. The van der Waals surface area contributed by atoms with Crippen LogP contribution >= 0.6 is 0 Å². The van der Waals surface area contributed by atoms with Crippen LogP contribution in [0.1, 0.15) is 16.2 Å². The number of H-pyrrole nitrogens is 1. The van der Waals surface area contributed by atoms with Crippen LogP contribution in [-0.2, 0) is 11.3 Å². The monoisotopic (exact) mass is 362 g/mol. The second-order valence-electron chi connectivity index (χ2n) is 5.96. The number of carbonyl (C=O) groups is 2. The molecular formula is C20H18N4O3. The fourth-order valence-electron chi connectivity index (χ4n) is 2.62. The Kier molecular flexibility index (Phi) is 5.12. The molecule has 0 spiro atoms. The van der Waals surface area contributed by atoms with E-state index in [0.29, 0.717) is 28.0 Å². The first kappa shape index (κ1) is 18.1. The van der Waals surface area contributed by atoms with Crippen LogP contribution in [-0.4, -0.2) is 33.7 Å². The highest BCUT2D eigenvalue weighted by atomic mass is 16.2. The van der Waals surface area contributed by atoms with Gasteiger partial charge in [-0.25, -0.2) is 4.98 Å². The van der Waals surface area contributed by atoms with Gasteiger partial charge in [-0.05, 0) is 42.5 Å². The lowest BCUT2D eigenvalue weighted by molar-refractivity contribution is -0.111. The van der Waals surface area contributed by atoms with Gasteiger partial charge in [-0.2, -0.15) is 0 Å². The van der Waals surface area contributed by atoms with Gasteiger partial charge in [0.2, 0.25) is 5.91 Å². The predicted molar refractivity (Wildman–Crippen MR) is 103 cm³/mol. The van der Waals surface area contributed by atoms with E-state index in [1.54, 1.807) is 55.6 Å². The topological polar surface area (TPSA) is 95.2 Å². The van der Waals surface area contributed by atoms with Crippen molar-refractivity contribution in [1.29, 1.82) is 0 Å². The van der Waals surface area contributed by atoms with E-state index in [-0.39, 0.29) is 23.9 Å². The minimum absolute atomic E-state index is 0.161. The van der Waals surface area contributed by atoms with E-state index >= 15 is 0 Å². The highest BCUT2D eigenvalue weighted by Gasteiger charge is 2.14. The molecule has 0 bridgehead atoms. The molecule has 0 aliphatic rings. The van der Waals surface area contributed by atoms with Crippen LogP contribution in [0.2, 0.25) is 0 Å². The van der Waals surface area contributed by atoms with Crippen molar-refractivity contribution in [3.63, 3.8) is 0 Å². The maximum Gasteiger partial charge on any atom is 0.258 e. The lowest BCUT2D eigenvalue weighted by atomic mass is 10.2. The number of hydrogen-bond acceptors (Lipinski definition) is 4. The number of carbonyl (C=O) groups excluding carboxylic acids is 2. The number of anilines is 1. The number of benzene rings is 2. The Hall–Kier alpha value is -3.74. The number of amides is 2. The molecule has 0 aliphatic heterocycles. The fraction of sp³-hybridized carbons (Fsp3) is 0.100. The molecule has 0 unspecified atom stereocenters. The lowest BCUT2D eigenvalue weighted by Crippen LogP contribution is -2.28. The number of nitrogens with one attached hydrogen (secondary N) is 2. The average molecular weight is 362 g/mol. The largest absolute Gasteiger partial charge is 0.334 e. The van der Waals surface area contributed by atoms with Gasteiger partial charge < -0.3 is 15.2 Å². The van der Waals surface area contributed by atoms with Crippen LogP contribution in [0.15, 0.2) is 66.0 Å². The smallest absolute Gasteiger partial charge is 0.258 e. The Morgan fingerprint density at radius 1 is 1.19 bits per heavy atom. The van der Waals surface area contributed by atoms with Gasteiger partial charge in [0.1, 0.15) is 5.82 Å². The Bertz CT molecular complexity index is 1070. The van der Waals surface area contributed by atoms with Crippen LogP contribution < -0.4 is 10.9 Å². The summed E-state index contributed by atoms with van der Waals surface area (Å²) in [4.78, 5) is 44.6. The van der Waals surface area contributed by atoms with Crippen molar-refractivity contribution >= 4 is 28.4 Å². The first-order chi connectivity index (χ1) is 13.0. The molecule has 1 heterocycles. The van der Waals surface area contributed by atoms with Crippen LogP contribution in [0.5, 0.6) is 0 Å². The third-order valence-corrected chi connectivity index (χ3v) is 3.98. The molecule has 7 heteroatoms. The number of hydrogen-bond donors (Lipinski definition) is 2. The van der Waals surface area contributed by atoms with Gasteiger partial charge in [0.15, 0.2) is 0 Å². The Morgan fingerprint density at radius 2 is 1.89 bits per heavy atom. The van der Waals surface area contributed by atoms with Gasteiger partial charge in [0.05, 0.1) is 17.4 Å². The molecule has 0 atom stereocenters. The molecule has 0 fully saturated rings. The summed E-state index contributed by atoms with van der Waals surface area (Å²) in [5, 5.41) is 3.13. The molecule has 136 valence electrons. The van der Waals surface area contributed by atoms with Crippen LogP contribution in [0.4, 0.5) is 5.69 Å². The Morgan fingerprint density at radius 3 is 2.59 bits per heavy atom. The molecule has 0 saturated carbocycles. The van der Waals surface area contributed by atoms with E-state index in [1.165, 1.54) is 11.0 Å². The van der Waals surface area contributed by atoms with Crippen LogP contribution in [0.3, 0.4) is 0 Å². The minimum Gasteiger partial charge on any atom is -0.334 e. The van der Waals surface area contributed by atoms with Crippen molar-refractivity contribution < 1.29 is 9.59 Å². The number of para-hydroxylation sites is 1. The van der Waals surface area contributed by atoms with Gasteiger partial charge in [-0.1, -0.05) is 18.7 Å². The van der Waals surface area contributed by atoms with Crippen molar-refractivity contribution in [2.75, 3.05) is 12.4 Å². The molecule has 0 radical (unpaired) electrons. The second-order valence-corrected chi connectivity index (χ2v) is 5.96. The molecule has 2 N–H and O–H groups in total. The lowest BCUT2D eigenvalue weighted by Gasteiger charge is -2.17. The van der Waals surface area contributed by atoms with Crippen LogP contribution in [0, 0.1) is 0 Å². The van der Waals surface area contributed by atoms with Gasteiger partial charge in [-0.3, -0.25) is 14.4 Å². The molecule has 2 amide bonds. The van der Waals surface area contributed by atoms with Crippen molar-refractivity contribution in [3.05, 3.63) is 82.9 Å². The molecule has 7 nitrogen and oxygen atoms in total. The van der Waals surface area contributed by atoms with E-state index in [1.807, 2.05) is 0 Å².